The molecule has 0 saturated heterocycles. The van der Waals surface area contributed by atoms with Gasteiger partial charge in [-0.15, -0.1) is 0 Å². The van der Waals surface area contributed by atoms with E-state index >= 15 is 0 Å². The van der Waals surface area contributed by atoms with Gasteiger partial charge in [-0.1, -0.05) is 0 Å². The van der Waals surface area contributed by atoms with Crippen LogP contribution >= 0.6 is 0 Å². The van der Waals surface area contributed by atoms with E-state index in [9.17, 15) is 13.2 Å². The van der Waals surface area contributed by atoms with Crippen molar-refractivity contribution < 1.29 is 34.4 Å². The average molecular weight is 293 g/mol. The first-order valence-corrected chi connectivity index (χ1v) is 7.49. The van der Waals surface area contributed by atoms with E-state index in [1.807, 2.05) is 0 Å². The Morgan fingerprint density at radius 2 is 1.92 bits per heavy atom. The van der Waals surface area contributed by atoms with Gasteiger partial charge in [0.15, 0.2) is 0 Å². The van der Waals surface area contributed by atoms with Crippen LogP contribution in [0.4, 0.5) is 13.2 Å². The van der Waals surface area contributed by atoms with Gasteiger partial charge in [-0.3, -0.25) is 0 Å². The van der Waals surface area contributed by atoms with E-state index in [2.05, 4.69) is 4.93 Å². The number of halogens is 4. The Morgan fingerprint density at radius 1 is 1.25 bits per heavy atom. The molecule has 0 aromatic rings. The summed E-state index contributed by atoms with van der Waals surface area (Å²) >= 11 is 0.0108. The van der Waals surface area contributed by atoms with Gasteiger partial charge in [-0.2, -0.15) is 0 Å². The third-order valence-corrected chi connectivity index (χ3v) is 5.27. The summed E-state index contributed by atoms with van der Waals surface area (Å²) in [5.74, 6) is -0.990. The second-order valence-corrected chi connectivity index (χ2v) is 6.23. The molecule has 1 aliphatic carbocycles. The van der Waals surface area contributed by atoms with E-state index in [4.69, 9.17) is 0 Å². The molecule has 1 aliphatic rings. The van der Waals surface area contributed by atoms with Crippen LogP contribution in [0.2, 0.25) is 0 Å². The van der Waals surface area contributed by atoms with Crippen LogP contribution in [0.1, 0.15) is 25.7 Å². The van der Waals surface area contributed by atoms with E-state index in [1.54, 1.807) is 0 Å². The fourth-order valence-corrected chi connectivity index (χ4v) is 3.81. The van der Waals surface area contributed by atoms with Crippen LogP contribution in [0.5, 0.6) is 0 Å². The molecule has 0 bridgehead atoms. The van der Waals surface area contributed by atoms with Gasteiger partial charge in [-0.05, 0) is 0 Å². The van der Waals surface area contributed by atoms with E-state index in [1.165, 1.54) is 0 Å². The molecule has 12 heavy (non-hydrogen) atoms. The zero-order chi connectivity index (χ0) is 9.19. The van der Waals surface area contributed by atoms with E-state index in [0.29, 0.717) is 16.8 Å². The number of hydrogen-bond donors (Lipinski definition) is 0. The van der Waals surface area contributed by atoms with Crippen LogP contribution in [-0.4, -0.2) is 15.0 Å². The van der Waals surface area contributed by atoms with Crippen LogP contribution < -0.4 is 21.2 Å². The Bertz CT molecular complexity index is 144. The second-order valence-electron chi connectivity index (χ2n) is 3.22. The molecule has 0 nitrogen and oxygen atoms in total. The number of hydrogen-bond acceptors (Lipinski definition) is 0. The fourth-order valence-electron chi connectivity index (χ4n) is 1.63. The summed E-state index contributed by atoms with van der Waals surface area (Å²) in [4.78, 5) is 2.09. The Labute approximate surface area is 81.2 Å². The Morgan fingerprint density at radius 3 is 2.42 bits per heavy atom. The van der Waals surface area contributed by atoms with Crippen molar-refractivity contribution in [1.82, 2.24) is 0 Å². The molecule has 2 atom stereocenters. The first-order valence-electron chi connectivity index (χ1n) is 4.08. The summed E-state index contributed by atoms with van der Waals surface area (Å²) in [6.45, 7) is 0. The van der Waals surface area contributed by atoms with Gasteiger partial charge < -0.3 is 0 Å². The molecule has 0 aromatic heterocycles. The molecule has 0 heterocycles. The predicted molar refractivity (Wildman–Crippen MR) is 37.7 cm³/mol. The summed E-state index contributed by atoms with van der Waals surface area (Å²) < 4.78 is 37.2. The Hall–Kier alpha value is 0.520. The van der Waals surface area contributed by atoms with Crippen molar-refractivity contribution >= 4 is 0 Å². The van der Waals surface area contributed by atoms with Gasteiger partial charge in [0.2, 0.25) is 0 Å². The van der Waals surface area contributed by atoms with Gasteiger partial charge in [0.25, 0.3) is 0 Å². The molecule has 74 valence electrons. The van der Waals surface area contributed by atoms with Gasteiger partial charge in [0, 0.05) is 0 Å². The molecule has 0 radical (unpaired) electrons. The summed E-state index contributed by atoms with van der Waals surface area (Å²) in [6.07, 6.45) is -1.34. The monoisotopic (exact) mass is 293 g/mol. The molecule has 1 fully saturated rings. The zero-order valence-corrected chi connectivity index (χ0v) is 9.15. The SMILES string of the molecule is C[I-]C1CCCC(C(F)(F)F)C1. The van der Waals surface area contributed by atoms with Crippen LogP contribution in [0, 0.1) is 5.92 Å². The maximum absolute atomic E-state index is 12.3. The van der Waals surface area contributed by atoms with Crippen molar-refractivity contribution in [2.75, 3.05) is 4.93 Å². The first-order chi connectivity index (χ1) is 5.54. The van der Waals surface area contributed by atoms with Crippen molar-refractivity contribution in [3.8, 4) is 0 Å². The summed E-state index contributed by atoms with van der Waals surface area (Å²) in [7, 11) is 0. The van der Waals surface area contributed by atoms with E-state index in [-0.39, 0.29) is 21.2 Å². The van der Waals surface area contributed by atoms with Crippen LogP contribution in [0.3, 0.4) is 0 Å². The van der Waals surface area contributed by atoms with Crippen molar-refractivity contribution in [1.29, 1.82) is 0 Å². The number of alkyl halides is 5. The molecule has 0 amide bonds. The molecule has 1 rings (SSSR count). The summed E-state index contributed by atoms with van der Waals surface area (Å²) in [5, 5.41) is 0. The molecular formula is C8H13F3I-. The van der Waals surface area contributed by atoms with Gasteiger partial charge >= 0.3 is 81.0 Å². The predicted octanol–water partition coefficient (Wildman–Crippen LogP) is -0.174. The van der Waals surface area contributed by atoms with Crippen molar-refractivity contribution in [3.05, 3.63) is 0 Å². The van der Waals surface area contributed by atoms with Crippen LogP contribution in [-0.2, 0) is 0 Å². The second kappa shape index (κ2) is 4.15. The third kappa shape index (κ3) is 2.78. The minimum absolute atomic E-state index is 0.0108. The maximum atomic E-state index is 12.3. The van der Waals surface area contributed by atoms with E-state index in [0.717, 1.165) is 12.8 Å². The molecular weight excluding hydrogens is 280 g/mol. The van der Waals surface area contributed by atoms with Crippen molar-refractivity contribution in [2.45, 2.75) is 35.8 Å². The molecule has 0 spiro atoms. The first kappa shape index (κ1) is 10.6. The van der Waals surface area contributed by atoms with Gasteiger partial charge in [-0.25, -0.2) is 0 Å². The summed E-state index contributed by atoms with van der Waals surface area (Å²) in [5.41, 5.74) is 0. The van der Waals surface area contributed by atoms with Gasteiger partial charge in [0.1, 0.15) is 0 Å². The Kier molecular flexibility index (Phi) is 3.67. The molecule has 0 aromatic carbocycles. The van der Waals surface area contributed by atoms with Crippen molar-refractivity contribution in [3.63, 3.8) is 0 Å². The van der Waals surface area contributed by atoms with Crippen LogP contribution in [0.25, 0.3) is 0 Å². The number of rotatable bonds is 1. The third-order valence-electron chi connectivity index (χ3n) is 2.38. The normalized spacial score (nSPS) is 32.3. The minimum atomic E-state index is -3.93. The molecule has 1 saturated carbocycles. The fraction of sp³-hybridized carbons (Fsp3) is 1.00. The quantitative estimate of drug-likeness (QED) is 0.465. The molecule has 2 unspecified atom stereocenters. The van der Waals surface area contributed by atoms with E-state index < -0.39 is 12.1 Å². The van der Waals surface area contributed by atoms with Crippen LogP contribution in [0.15, 0.2) is 0 Å². The molecule has 0 aliphatic heterocycles. The average Bonchev–Trinajstić information content (AvgIpc) is 2.03. The Balaban J connectivity index is 2.46. The van der Waals surface area contributed by atoms with Gasteiger partial charge in [0.05, 0.1) is 0 Å². The molecule has 4 heteroatoms. The zero-order valence-electron chi connectivity index (χ0n) is 6.99. The van der Waals surface area contributed by atoms with Crippen molar-refractivity contribution in [2.24, 2.45) is 5.92 Å². The summed E-state index contributed by atoms with van der Waals surface area (Å²) in [6, 6.07) is 0. The standard InChI is InChI=1S/C8H13F3I/c1-12-7-4-2-3-6(5-7)8(9,10)11/h6-7H,2-5H2,1H3/q-1. The molecule has 0 N–H and O–H groups in total. The topological polar surface area (TPSA) is 0 Å².